The predicted molar refractivity (Wildman–Crippen MR) is 50.4 cm³/mol. The monoisotopic (exact) mass is 167 g/mol. The molecular weight excluding hydrogens is 148 g/mol. The first-order valence-corrected chi connectivity index (χ1v) is 5.31. The highest BCUT2D eigenvalue weighted by molar-refractivity contribution is 4.96. The summed E-state index contributed by atoms with van der Waals surface area (Å²) < 4.78 is 0. The molecule has 0 amide bonds. The third-order valence-electron chi connectivity index (χ3n) is 3.02. The van der Waals surface area contributed by atoms with Crippen LogP contribution in [0.1, 0.15) is 38.5 Å². The maximum atomic E-state index is 3.46. The van der Waals surface area contributed by atoms with Crippen molar-refractivity contribution in [1.29, 1.82) is 0 Å². The normalized spacial score (nSPS) is 29.0. The van der Waals surface area contributed by atoms with Crippen molar-refractivity contribution in [2.45, 2.75) is 38.5 Å². The van der Waals surface area contributed by atoms with E-state index < -0.39 is 0 Å². The van der Waals surface area contributed by atoms with Crippen LogP contribution in [0.5, 0.6) is 0 Å². The van der Waals surface area contributed by atoms with Crippen molar-refractivity contribution in [3.63, 3.8) is 0 Å². The summed E-state index contributed by atoms with van der Waals surface area (Å²) in [6.07, 6.45) is 9.99. The fraction of sp³-hybridized carbons (Fsp3) is 0.900. The van der Waals surface area contributed by atoms with Gasteiger partial charge in [-0.1, -0.05) is 25.7 Å². The summed E-state index contributed by atoms with van der Waals surface area (Å²) in [6, 6.07) is 0. The zero-order chi connectivity index (χ0) is 8.23. The van der Waals surface area contributed by atoms with Gasteiger partial charge < -0.3 is 0 Å². The van der Waals surface area contributed by atoms with Gasteiger partial charge in [0, 0.05) is 13.1 Å². The second kappa shape index (κ2) is 4.24. The Hall–Kier alpha value is -0.0800. The molecule has 0 unspecified atom stereocenters. The fourth-order valence-corrected chi connectivity index (χ4v) is 2.31. The summed E-state index contributed by atoms with van der Waals surface area (Å²) in [5.41, 5.74) is 0. The smallest absolute Gasteiger partial charge is 0.104 e. The lowest BCUT2D eigenvalue weighted by Gasteiger charge is -2.20. The summed E-state index contributed by atoms with van der Waals surface area (Å²) in [6.45, 7) is 2.26. The van der Waals surface area contributed by atoms with Crippen LogP contribution >= 0.6 is 0 Å². The van der Waals surface area contributed by atoms with Crippen LogP contribution in [0.15, 0.2) is 0 Å². The Balaban J connectivity index is 1.83. The Morgan fingerprint density at radius 3 is 2.00 bits per heavy atom. The van der Waals surface area contributed by atoms with Gasteiger partial charge in [0.1, 0.15) is 6.17 Å². The molecule has 1 aliphatic carbocycles. The summed E-state index contributed by atoms with van der Waals surface area (Å²) in [5, 5.41) is 6.92. The van der Waals surface area contributed by atoms with E-state index in [1.807, 2.05) is 0 Å². The molecule has 2 nitrogen and oxygen atoms in total. The molecule has 0 bridgehead atoms. The van der Waals surface area contributed by atoms with Gasteiger partial charge in [0.05, 0.1) is 0 Å². The maximum absolute atomic E-state index is 3.46. The molecule has 0 spiro atoms. The molecule has 1 saturated carbocycles. The molecule has 69 valence electrons. The van der Waals surface area contributed by atoms with Crippen LogP contribution in [0.3, 0.4) is 0 Å². The standard InChI is InChI=1S/C10H19N2/c1-2-4-6-9(5-3-1)10-11-7-8-12-10/h9,11-12H,1-8H2. The van der Waals surface area contributed by atoms with E-state index in [1.165, 1.54) is 44.7 Å². The Morgan fingerprint density at radius 1 is 0.833 bits per heavy atom. The van der Waals surface area contributed by atoms with Crippen LogP contribution in [0, 0.1) is 12.1 Å². The van der Waals surface area contributed by atoms with Crippen molar-refractivity contribution in [2.24, 2.45) is 5.92 Å². The highest BCUT2D eigenvalue weighted by Crippen LogP contribution is 2.28. The van der Waals surface area contributed by atoms with Gasteiger partial charge in [-0.2, -0.15) is 0 Å². The van der Waals surface area contributed by atoms with Crippen molar-refractivity contribution in [3.8, 4) is 0 Å². The van der Waals surface area contributed by atoms with Crippen molar-refractivity contribution in [2.75, 3.05) is 13.1 Å². The van der Waals surface area contributed by atoms with Crippen LogP contribution in [0.25, 0.3) is 0 Å². The van der Waals surface area contributed by atoms with Crippen LogP contribution in [0.4, 0.5) is 0 Å². The minimum atomic E-state index is 0.829. The topological polar surface area (TPSA) is 24.1 Å². The van der Waals surface area contributed by atoms with Gasteiger partial charge in [-0.05, 0) is 18.8 Å². The first kappa shape index (κ1) is 8.52. The summed E-state index contributed by atoms with van der Waals surface area (Å²) >= 11 is 0. The highest BCUT2D eigenvalue weighted by atomic mass is 15.2. The van der Waals surface area contributed by atoms with Crippen molar-refractivity contribution in [3.05, 3.63) is 6.17 Å². The van der Waals surface area contributed by atoms with Gasteiger partial charge in [-0.3, -0.25) is 10.6 Å². The summed E-state index contributed by atoms with van der Waals surface area (Å²) in [5.74, 6) is 0.829. The molecule has 2 heteroatoms. The molecule has 1 aliphatic heterocycles. The molecule has 2 fully saturated rings. The van der Waals surface area contributed by atoms with E-state index in [0.29, 0.717) is 0 Å². The molecule has 12 heavy (non-hydrogen) atoms. The van der Waals surface area contributed by atoms with Crippen LogP contribution in [0.2, 0.25) is 0 Å². The average molecular weight is 167 g/mol. The lowest BCUT2D eigenvalue weighted by atomic mass is 9.97. The number of hydrogen-bond donors (Lipinski definition) is 2. The number of hydrogen-bond acceptors (Lipinski definition) is 2. The summed E-state index contributed by atoms with van der Waals surface area (Å²) in [4.78, 5) is 0. The average Bonchev–Trinajstić information content (AvgIpc) is 2.48. The first-order valence-electron chi connectivity index (χ1n) is 5.31. The van der Waals surface area contributed by atoms with E-state index in [9.17, 15) is 0 Å². The third-order valence-corrected chi connectivity index (χ3v) is 3.02. The van der Waals surface area contributed by atoms with Crippen LogP contribution < -0.4 is 10.6 Å². The van der Waals surface area contributed by atoms with E-state index >= 15 is 0 Å². The Labute approximate surface area is 75.1 Å². The van der Waals surface area contributed by atoms with Crippen molar-refractivity contribution in [1.82, 2.24) is 10.6 Å². The number of rotatable bonds is 1. The van der Waals surface area contributed by atoms with Gasteiger partial charge >= 0.3 is 0 Å². The van der Waals surface area contributed by atoms with Crippen LogP contribution in [-0.2, 0) is 0 Å². The van der Waals surface area contributed by atoms with Gasteiger partial charge in [-0.25, -0.2) is 0 Å². The quantitative estimate of drug-likeness (QED) is 0.580. The maximum Gasteiger partial charge on any atom is 0.104 e. The van der Waals surface area contributed by atoms with E-state index in [-0.39, 0.29) is 0 Å². The molecule has 0 aromatic heterocycles. The first-order chi connectivity index (χ1) is 5.97. The second-order valence-corrected chi connectivity index (χ2v) is 3.96. The van der Waals surface area contributed by atoms with E-state index in [0.717, 1.165) is 19.0 Å². The Morgan fingerprint density at radius 2 is 1.42 bits per heavy atom. The zero-order valence-electron chi connectivity index (χ0n) is 7.73. The summed E-state index contributed by atoms with van der Waals surface area (Å²) in [7, 11) is 0. The number of nitrogens with one attached hydrogen (secondary N) is 2. The minimum absolute atomic E-state index is 0.829. The van der Waals surface area contributed by atoms with E-state index in [2.05, 4.69) is 10.6 Å². The van der Waals surface area contributed by atoms with Gasteiger partial charge in [0.2, 0.25) is 0 Å². The molecular formula is C10H19N2. The van der Waals surface area contributed by atoms with E-state index in [4.69, 9.17) is 0 Å². The van der Waals surface area contributed by atoms with Gasteiger partial charge in [-0.15, -0.1) is 0 Å². The van der Waals surface area contributed by atoms with Gasteiger partial charge in [0.25, 0.3) is 0 Å². The largest absolute Gasteiger partial charge is 0.295 e. The lowest BCUT2D eigenvalue weighted by molar-refractivity contribution is 0.421. The Bertz CT molecular complexity index is 122. The van der Waals surface area contributed by atoms with Gasteiger partial charge in [0.15, 0.2) is 0 Å². The Kier molecular flexibility index (Phi) is 3.01. The second-order valence-electron chi connectivity index (χ2n) is 3.96. The molecule has 1 radical (unpaired) electrons. The van der Waals surface area contributed by atoms with Crippen molar-refractivity contribution < 1.29 is 0 Å². The molecule has 2 aliphatic rings. The van der Waals surface area contributed by atoms with Crippen molar-refractivity contribution >= 4 is 0 Å². The molecule has 1 heterocycles. The molecule has 0 aromatic carbocycles. The highest BCUT2D eigenvalue weighted by Gasteiger charge is 2.25. The lowest BCUT2D eigenvalue weighted by Crippen LogP contribution is -2.29. The molecule has 1 saturated heterocycles. The zero-order valence-corrected chi connectivity index (χ0v) is 7.73. The predicted octanol–water partition coefficient (Wildman–Crippen LogP) is 1.64. The minimum Gasteiger partial charge on any atom is -0.295 e. The van der Waals surface area contributed by atoms with E-state index in [1.54, 1.807) is 0 Å². The van der Waals surface area contributed by atoms with Crippen LogP contribution in [-0.4, -0.2) is 13.1 Å². The fourth-order valence-electron chi connectivity index (χ4n) is 2.31. The molecule has 0 atom stereocenters. The SMILES string of the molecule is C1CCCC([C]2NCCN2)CC1. The molecule has 2 rings (SSSR count). The molecule has 0 aromatic rings. The third kappa shape index (κ3) is 1.99. The molecule has 2 N–H and O–H groups in total.